The summed E-state index contributed by atoms with van der Waals surface area (Å²) in [6, 6.07) is 0. The number of aliphatic carboxylic acids is 1. The van der Waals surface area contributed by atoms with E-state index in [2.05, 4.69) is 4.74 Å². The fourth-order valence-corrected chi connectivity index (χ4v) is 2.59. The maximum absolute atomic E-state index is 13.5. The number of hydrogen-bond acceptors (Lipinski definition) is 11. The maximum Gasteiger partial charge on any atom is 0.372 e. The number of carboxylic acid groups (broad SMARTS) is 1. The Hall–Kier alpha value is -3.25. The van der Waals surface area contributed by atoms with Gasteiger partial charge < -0.3 is 38.3 Å². The molecule has 0 bridgehead atoms. The van der Waals surface area contributed by atoms with Gasteiger partial charge in [-0.2, -0.15) is 8.78 Å². The van der Waals surface area contributed by atoms with Crippen molar-refractivity contribution in [1.82, 2.24) is 0 Å². The topological polar surface area (TPSA) is 153 Å². The average molecular weight is 604 g/mol. The number of benzene rings is 1. The van der Waals surface area contributed by atoms with Crippen molar-refractivity contribution in [2.75, 3.05) is 72.7 Å². The lowest BCUT2D eigenvalue weighted by Gasteiger charge is -2.09. The van der Waals surface area contributed by atoms with Crippen LogP contribution in [0.1, 0.15) is 19.3 Å². The van der Waals surface area contributed by atoms with Crippen LogP contribution in [0.25, 0.3) is 0 Å². The fourth-order valence-electron chi connectivity index (χ4n) is 2.59. The molecule has 0 aliphatic rings. The van der Waals surface area contributed by atoms with Crippen LogP contribution in [-0.2, 0) is 47.6 Å². The molecule has 12 nitrogen and oxygen atoms in total. The number of Topliss-reactive ketones (excluding diaryl/α,β-unsaturated/α-hetero) is 1. The molecule has 0 saturated carbocycles. The summed E-state index contributed by atoms with van der Waals surface area (Å²) in [5.41, 5.74) is 0. The molecule has 0 amide bonds. The third-order valence-electron chi connectivity index (χ3n) is 4.61. The Bertz CT molecular complexity index is 979. The molecular formula is C24H29F5O12. The molecule has 0 saturated heterocycles. The molecule has 1 rings (SSSR count). The Kier molecular flexibility index (Phi) is 18.0. The molecule has 0 aromatic heterocycles. The van der Waals surface area contributed by atoms with E-state index < -0.39 is 71.4 Å². The van der Waals surface area contributed by atoms with Gasteiger partial charge in [-0.15, -0.1) is 0 Å². The SMILES string of the molecule is O=C(CCC(=O)C(=O)O)OCCOCCOCCOCCOCCOCCC(=O)Oc1c(F)c(F)c(F)c(F)c1F. The Morgan fingerprint density at radius 2 is 0.878 bits per heavy atom. The third kappa shape index (κ3) is 14.8. The number of carbonyl (C=O) groups excluding carboxylic acids is 3. The molecule has 1 N–H and O–H groups in total. The van der Waals surface area contributed by atoms with Crippen LogP contribution in [0.15, 0.2) is 0 Å². The largest absolute Gasteiger partial charge is 0.476 e. The fraction of sp³-hybridized carbons (Fsp3) is 0.583. The van der Waals surface area contributed by atoms with E-state index in [-0.39, 0.29) is 79.1 Å². The molecule has 0 aliphatic carbocycles. The van der Waals surface area contributed by atoms with Gasteiger partial charge in [-0.3, -0.25) is 14.4 Å². The molecule has 0 atom stereocenters. The van der Waals surface area contributed by atoms with E-state index in [4.69, 9.17) is 33.5 Å². The van der Waals surface area contributed by atoms with Crippen LogP contribution in [-0.4, -0.2) is 101 Å². The maximum atomic E-state index is 13.5. The van der Waals surface area contributed by atoms with Crippen molar-refractivity contribution in [2.45, 2.75) is 19.3 Å². The highest BCUT2D eigenvalue weighted by Gasteiger charge is 2.28. The molecule has 0 radical (unpaired) electrons. The van der Waals surface area contributed by atoms with Gasteiger partial charge in [-0.25, -0.2) is 18.0 Å². The molecule has 17 heteroatoms. The van der Waals surface area contributed by atoms with Gasteiger partial charge >= 0.3 is 17.9 Å². The molecule has 41 heavy (non-hydrogen) atoms. The second-order valence-corrected chi connectivity index (χ2v) is 7.63. The Morgan fingerprint density at radius 1 is 0.488 bits per heavy atom. The minimum atomic E-state index is -2.37. The molecule has 0 heterocycles. The van der Waals surface area contributed by atoms with Gasteiger partial charge in [0.25, 0.3) is 0 Å². The highest BCUT2D eigenvalue weighted by atomic mass is 19.2. The Morgan fingerprint density at radius 3 is 1.32 bits per heavy atom. The van der Waals surface area contributed by atoms with E-state index in [1.165, 1.54) is 0 Å². The van der Waals surface area contributed by atoms with Gasteiger partial charge in [0.05, 0.1) is 78.9 Å². The van der Waals surface area contributed by atoms with Crippen molar-refractivity contribution < 1.29 is 79.4 Å². The van der Waals surface area contributed by atoms with Gasteiger partial charge in [0, 0.05) is 6.42 Å². The predicted octanol–water partition coefficient (Wildman–Crippen LogP) is 1.74. The summed E-state index contributed by atoms with van der Waals surface area (Å²) in [4.78, 5) is 44.1. The summed E-state index contributed by atoms with van der Waals surface area (Å²) in [6.07, 6.45) is -1.27. The number of carbonyl (C=O) groups is 4. The van der Waals surface area contributed by atoms with Crippen molar-refractivity contribution in [3.63, 3.8) is 0 Å². The van der Waals surface area contributed by atoms with E-state index in [1.54, 1.807) is 0 Å². The summed E-state index contributed by atoms with van der Waals surface area (Å²) >= 11 is 0. The first kappa shape index (κ1) is 35.8. The first-order valence-corrected chi connectivity index (χ1v) is 12.1. The van der Waals surface area contributed by atoms with Gasteiger partial charge in [0.2, 0.25) is 40.6 Å². The van der Waals surface area contributed by atoms with Crippen LogP contribution in [0.5, 0.6) is 5.75 Å². The van der Waals surface area contributed by atoms with Crippen LogP contribution in [0.3, 0.4) is 0 Å². The van der Waals surface area contributed by atoms with Gasteiger partial charge in [-0.1, -0.05) is 0 Å². The van der Waals surface area contributed by atoms with Crippen molar-refractivity contribution in [3.8, 4) is 5.75 Å². The molecular weight excluding hydrogens is 575 g/mol. The van der Waals surface area contributed by atoms with Crippen molar-refractivity contribution in [1.29, 1.82) is 0 Å². The zero-order valence-electron chi connectivity index (χ0n) is 21.7. The van der Waals surface area contributed by atoms with Gasteiger partial charge in [0.15, 0.2) is 0 Å². The minimum Gasteiger partial charge on any atom is -0.476 e. The van der Waals surface area contributed by atoms with Crippen LogP contribution < -0.4 is 4.74 Å². The smallest absolute Gasteiger partial charge is 0.372 e. The van der Waals surface area contributed by atoms with E-state index in [0.29, 0.717) is 0 Å². The zero-order valence-corrected chi connectivity index (χ0v) is 21.7. The van der Waals surface area contributed by atoms with Crippen molar-refractivity contribution >= 4 is 23.7 Å². The number of esters is 2. The number of ether oxygens (including phenoxy) is 7. The highest BCUT2D eigenvalue weighted by Crippen LogP contribution is 2.29. The summed E-state index contributed by atoms with van der Waals surface area (Å²) in [5, 5.41) is 8.40. The Balaban J connectivity index is 1.90. The number of rotatable bonds is 23. The first-order chi connectivity index (χ1) is 19.6. The lowest BCUT2D eigenvalue weighted by atomic mass is 10.2. The minimum absolute atomic E-state index is 0.0442. The van der Waals surface area contributed by atoms with Crippen molar-refractivity contribution in [2.24, 2.45) is 0 Å². The monoisotopic (exact) mass is 604 g/mol. The lowest BCUT2D eigenvalue weighted by molar-refractivity contribution is -0.151. The van der Waals surface area contributed by atoms with E-state index in [1.807, 2.05) is 0 Å². The van der Waals surface area contributed by atoms with Crippen LogP contribution in [0, 0.1) is 29.1 Å². The lowest BCUT2D eigenvalue weighted by Crippen LogP contribution is -2.17. The predicted molar refractivity (Wildman–Crippen MR) is 123 cm³/mol. The van der Waals surface area contributed by atoms with Crippen LogP contribution >= 0.6 is 0 Å². The zero-order chi connectivity index (χ0) is 30.6. The standard InChI is InChI=1S/C24H29F5O12/c25-18-19(26)21(28)23(22(29)20(18)27)41-17(32)3-4-35-5-6-36-7-8-37-9-10-38-11-12-39-13-14-40-16(31)2-1-15(30)24(33)34/h1-14H2,(H,33,34). The molecule has 1 aromatic rings. The third-order valence-corrected chi connectivity index (χ3v) is 4.61. The number of ketones is 1. The van der Waals surface area contributed by atoms with Gasteiger partial charge in [0.1, 0.15) is 6.61 Å². The van der Waals surface area contributed by atoms with Crippen molar-refractivity contribution in [3.05, 3.63) is 29.1 Å². The summed E-state index contributed by atoms with van der Waals surface area (Å²) in [5.74, 6) is -17.6. The van der Waals surface area contributed by atoms with Gasteiger partial charge in [-0.05, 0) is 0 Å². The van der Waals surface area contributed by atoms with Crippen LogP contribution in [0.4, 0.5) is 22.0 Å². The molecule has 232 valence electrons. The van der Waals surface area contributed by atoms with E-state index >= 15 is 0 Å². The number of carboxylic acids is 1. The molecule has 1 aromatic carbocycles. The number of halogens is 5. The number of hydrogen-bond donors (Lipinski definition) is 1. The second-order valence-electron chi connectivity index (χ2n) is 7.63. The highest BCUT2D eigenvalue weighted by molar-refractivity contribution is 6.32. The average Bonchev–Trinajstić information content (AvgIpc) is 2.95. The summed E-state index contributed by atoms with van der Waals surface area (Å²) in [6.45, 7) is 1.47. The molecule has 0 unspecified atom stereocenters. The van der Waals surface area contributed by atoms with E-state index in [0.717, 1.165) is 0 Å². The summed E-state index contributed by atoms with van der Waals surface area (Å²) in [7, 11) is 0. The first-order valence-electron chi connectivity index (χ1n) is 12.1. The Labute approximate surface area is 230 Å². The normalized spacial score (nSPS) is 11.0. The van der Waals surface area contributed by atoms with E-state index in [9.17, 15) is 41.1 Å². The van der Waals surface area contributed by atoms with Crippen LogP contribution in [0.2, 0.25) is 0 Å². The molecule has 0 spiro atoms. The summed E-state index contributed by atoms with van der Waals surface area (Å²) < 4.78 is 101. The molecule has 0 aliphatic heterocycles. The molecule has 0 fully saturated rings. The second kappa shape index (κ2) is 20.6. The quantitative estimate of drug-likeness (QED) is 0.0368.